The maximum absolute atomic E-state index is 12.3. The molecule has 1 aromatic heterocycles. The summed E-state index contributed by atoms with van der Waals surface area (Å²) in [5.74, 6) is -0.139. The molecule has 2 aromatic carbocycles. The second-order valence-corrected chi connectivity index (χ2v) is 7.44. The fraction of sp³-hybridized carbons (Fsp3) is 0.250. The molecule has 0 aliphatic carbocycles. The van der Waals surface area contributed by atoms with Crippen molar-refractivity contribution in [3.63, 3.8) is 0 Å². The molecule has 0 saturated carbocycles. The number of hydrogen-bond donors (Lipinski definition) is 1. The van der Waals surface area contributed by atoms with Gasteiger partial charge in [-0.1, -0.05) is 30.3 Å². The normalized spacial score (nSPS) is 14.6. The summed E-state index contributed by atoms with van der Waals surface area (Å²) in [6.45, 7) is 7.03. The molecule has 3 aromatic rings. The molecule has 148 valence electrons. The van der Waals surface area contributed by atoms with E-state index in [1.54, 1.807) is 12.3 Å². The first-order chi connectivity index (χ1) is 14.2. The van der Waals surface area contributed by atoms with Crippen molar-refractivity contribution in [3.8, 4) is 0 Å². The van der Waals surface area contributed by atoms with Gasteiger partial charge < -0.3 is 10.2 Å². The number of aryl methyl sites for hydroxylation is 1. The Morgan fingerprint density at radius 2 is 1.66 bits per heavy atom. The number of carbonyl (C=O) groups is 1. The van der Waals surface area contributed by atoms with Gasteiger partial charge in [0.15, 0.2) is 0 Å². The van der Waals surface area contributed by atoms with Crippen LogP contribution in [0.4, 0.5) is 11.4 Å². The second-order valence-electron chi connectivity index (χ2n) is 7.44. The van der Waals surface area contributed by atoms with Gasteiger partial charge in [0.1, 0.15) is 0 Å². The Balaban J connectivity index is 1.30. The number of aromatic nitrogens is 1. The molecule has 0 atom stereocenters. The molecular formula is C24H26N4O. The molecule has 4 rings (SSSR count). The van der Waals surface area contributed by atoms with Gasteiger partial charge >= 0.3 is 0 Å². The maximum Gasteiger partial charge on any atom is 0.257 e. The number of benzene rings is 2. The molecular weight excluding hydrogens is 360 g/mol. The molecule has 0 bridgehead atoms. The summed E-state index contributed by atoms with van der Waals surface area (Å²) < 4.78 is 0. The topological polar surface area (TPSA) is 48.5 Å². The zero-order valence-electron chi connectivity index (χ0n) is 16.7. The van der Waals surface area contributed by atoms with Crippen LogP contribution in [0.2, 0.25) is 0 Å². The number of amides is 1. The molecule has 2 heterocycles. The van der Waals surface area contributed by atoms with Gasteiger partial charge in [-0.2, -0.15) is 0 Å². The van der Waals surface area contributed by atoms with E-state index in [1.807, 2.05) is 25.1 Å². The molecule has 1 aliphatic heterocycles. The summed E-state index contributed by atoms with van der Waals surface area (Å²) in [6, 6.07) is 22.4. The maximum atomic E-state index is 12.3. The predicted octanol–water partition coefficient (Wildman–Crippen LogP) is 3.96. The summed E-state index contributed by atoms with van der Waals surface area (Å²) >= 11 is 0. The number of carbonyl (C=O) groups excluding carboxylic acids is 1. The molecule has 1 fully saturated rings. The van der Waals surface area contributed by atoms with E-state index in [0.717, 1.165) is 44.1 Å². The van der Waals surface area contributed by atoms with Gasteiger partial charge in [0.05, 0.1) is 5.56 Å². The molecule has 5 nitrogen and oxygen atoms in total. The summed E-state index contributed by atoms with van der Waals surface area (Å²) in [7, 11) is 0. The van der Waals surface area contributed by atoms with E-state index in [-0.39, 0.29) is 5.91 Å². The Hall–Kier alpha value is -3.18. The van der Waals surface area contributed by atoms with E-state index in [9.17, 15) is 4.79 Å². The number of hydrogen-bond acceptors (Lipinski definition) is 4. The third-order valence-electron chi connectivity index (χ3n) is 5.29. The minimum atomic E-state index is -0.139. The number of nitrogens with one attached hydrogen (secondary N) is 1. The molecule has 29 heavy (non-hydrogen) atoms. The Bertz CT molecular complexity index is 931. The molecule has 0 spiro atoms. The van der Waals surface area contributed by atoms with Crippen molar-refractivity contribution in [3.05, 3.63) is 89.7 Å². The fourth-order valence-electron chi connectivity index (χ4n) is 3.57. The van der Waals surface area contributed by atoms with Crippen molar-refractivity contribution < 1.29 is 4.79 Å². The first-order valence-corrected chi connectivity index (χ1v) is 10.0. The molecule has 1 saturated heterocycles. The number of piperazine rings is 1. The lowest BCUT2D eigenvalue weighted by Crippen LogP contribution is -2.45. The lowest BCUT2D eigenvalue weighted by molar-refractivity contribution is 0.102. The number of rotatable bonds is 5. The Morgan fingerprint density at radius 1 is 0.931 bits per heavy atom. The fourth-order valence-corrected chi connectivity index (χ4v) is 3.57. The second kappa shape index (κ2) is 8.88. The third kappa shape index (κ3) is 5.00. The first kappa shape index (κ1) is 19.2. The highest BCUT2D eigenvalue weighted by Crippen LogP contribution is 2.20. The van der Waals surface area contributed by atoms with E-state index in [2.05, 4.69) is 62.6 Å². The predicted molar refractivity (Wildman–Crippen MR) is 117 cm³/mol. The lowest BCUT2D eigenvalue weighted by atomic mass is 10.2. The standard InChI is InChI=1S/C24H26N4O/c1-19-7-8-21(17-25-19)24(29)26-22-9-11-23(12-10-22)28-15-13-27(14-16-28)18-20-5-3-2-4-6-20/h2-12,17H,13-16,18H2,1H3,(H,26,29). The lowest BCUT2D eigenvalue weighted by Gasteiger charge is -2.36. The summed E-state index contributed by atoms with van der Waals surface area (Å²) in [5, 5.41) is 2.94. The highest BCUT2D eigenvalue weighted by molar-refractivity contribution is 6.04. The van der Waals surface area contributed by atoms with Crippen LogP contribution in [0.15, 0.2) is 72.9 Å². The van der Waals surface area contributed by atoms with Crippen molar-refractivity contribution in [2.45, 2.75) is 13.5 Å². The van der Waals surface area contributed by atoms with Crippen LogP contribution >= 0.6 is 0 Å². The van der Waals surface area contributed by atoms with E-state index in [1.165, 1.54) is 11.3 Å². The van der Waals surface area contributed by atoms with Crippen LogP contribution < -0.4 is 10.2 Å². The Kier molecular flexibility index (Phi) is 5.86. The number of nitrogens with zero attached hydrogens (tertiary/aromatic N) is 3. The van der Waals surface area contributed by atoms with Gasteiger partial charge in [-0.25, -0.2) is 0 Å². The van der Waals surface area contributed by atoms with Crippen molar-refractivity contribution in [2.24, 2.45) is 0 Å². The van der Waals surface area contributed by atoms with Gasteiger partial charge in [-0.05, 0) is 48.9 Å². The Labute approximate surface area is 172 Å². The van der Waals surface area contributed by atoms with Crippen molar-refractivity contribution in [2.75, 3.05) is 36.4 Å². The Morgan fingerprint density at radius 3 is 2.31 bits per heavy atom. The zero-order valence-corrected chi connectivity index (χ0v) is 16.7. The largest absolute Gasteiger partial charge is 0.369 e. The van der Waals surface area contributed by atoms with Crippen molar-refractivity contribution >= 4 is 17.3 Å². The molecule has 0 unspecified atom stereocenters. The highest BCUT2D eigenvalue weighted by Gasteiger charge is 2.17. The van der Waals surface area contributed by atoms with Crippen LogP contribution in [-0.4, -0.2) is 42.0 Å². The molecule has 1 aliphatic rings. The molecule has 5 heteroatoms. The van der Waals surface area contributed by atoms with E-state index in [0.29, 0.717) is 5.56 Å². The van der Waals surface area contributed by atoms with Gasteiger partial charge in [0.25, 0.3) is 5.91 Å². The van der Waals surface area contributed by atoms with Gasteiger partial charge in [0, 0.05) is 56.0 Å². The molecule has 0 radical (unpaired) electrons. The van der Waals surface area contributed by atoms with Crippen LogP contribution in [0, 0.1) is 6.92 Å². The van der Waals surface area contributed by atoms with E-state index in [4.69, 9.17) is 0 Å². The number of anilines is 2. The monoisotopic (exact) mass is 386 g/mol. The van der Waals surface area contributed by atoms with Crippen molar-refractivity contribution in [1.82, 2.24) is 9.88 Å². The van der Waals surface area contributed by atoms with E-state index >= 15 is 0 Å². The molecule has 1 amide bonds. The van der Waals surface area contributed by atoms with Gasteiger partial charge in [-0.15, -0.1) is 0 Å². The average molecular weight is 386 g/mol. The SMILES string of the molecule is Cc1ccc(C(=O)Nc2ccc(N3CCN(Cc4ccccc4)CC3)cc2)cn1. The smallest absolute Gasteiger partial charge is 0.257 e. The van der Waals surface area contributed by atoms with Crippen LogP contribution in [0.1, 0.15) is 21.6 Å². The third-order valence-corrected chi connectivity index (χ3v) is 5.29. The van der Waals surface area contributed by atoms with Crippen LogP contribution in [0.25, 0.3) is 0 Å². The van der Waals surface area contributed by atoms with Crippen LogP contribution in [-0.2, 0) is 6.54 Å². The first-order valence-electron chi connectivity index (χ1n) is 10.0. The van der Waals surface area contributed by atoms with Crippen LogP contribution in [0.5, 0.6) is 0 Å². The quantitative estimate of drug-likeness (QED) is 0.721. The minimum absolute atomic E-state index is 0.139. The number of pyridine rings is 1. The van der Waals surface area contributed by atoms with Crippen LogP contribution in [0.3, 0.4) is 0 Å². The molecule has 1 N–H and O–H groups in total. The average Bonchev–Trinajstić information content (AvgIpc) is 2.76. The zero-order chi connectivity index (χ0) is 20.1. The summed E-state index contributed by atoms with van der Waals surface area (Å²) in [4.78, 5) is 21.4. The summed E-state index contributed by atoms with van der Waals surface area (Å²) in [5.41, 5.74) is 4.82. The van der Waals surface area contributed by atoms with Gasteiger partial charge in [0.2, 0.25) is 0 Å². The van der Waals surface area contributed by atoms with Gasteiger partial charge in [-0.3, -0.25) is 14.7 Å². The highest BCUT2D eigenvalue weighted by atomic mass is 16.1. The minimum Gasteiger partial charge on any atom is -0.369 e. The van der Waals surface area contributed by atoms with E-state index < -0.39 is 0 Å². The van der Waals surface area contributed by atoms with Crippen molar-refractivity contribution in [1.29, 1.82) is 0 Å². The summed E-state index contributed by atoms with van der Waals surface area (Å²) in [6.07, 6.45) is 1.61.